The molecule has 0 spiro atoms. The molecule has 0 aromatic heterocycles. The maximum Gasteiger partial charge on any atom is 0.235 e. The molecule has 0 fully saturated rings. The van der Waals surface area contributed by atoms with Gasteiger partial charge >= 0.3 is 0 Å². The lowest BCUT2D eigenvalue weighted by molar-refractivity contribution is -0.119. The first-order valence-corrected chi connectivity index (χ1v) is 7.55. The van der Waals surface area contributed by atoms with Gasteiger partial charge in [-0.1, -0.05) is 17.7 Å². The Morgan fingerprint density at radius 1 is 1.39 bits per heavy atom. The first-order valence-electron chi connectivity index (χ1n) is 5.28. The summed E-state index contributed by atoms with van der Waals surface area (Å²) >= 11 is 5.94. The number of hydrogen-bond donors (Lipinski definition) is 2. The Morgan fingerprint density at radius 3 is 2.61 bits per heavy atom. The summed E-state index contributed by atoms with van der Waals surface area (Å²) in [6.45, 7) is 2.23. The second-order valence-electron chi connectivity index (χ2n) is 3.94. The minimum atomic E-state index is -3.48. The van der Waals surface area contributed by atoms with Crippen LogP contribution in [-0.2, 0) is 14.8 Å². The number of hydrogen-bond acceptors (Lipinski definition) is 4. The van der Waals surface area contributed by atoms with E-state index in [-0.39, 0.29) is 6.42 Å². The van der Waals surface area contributed by atoms with Crippen molar-refractivity contribution < 1.29 is 13.2 Å². The van der Waals surface area contributed by atoms with Gasteiger partial charge in [0.2, 0.25) is 15.9 Å². The van der Waals surface area contributed by atoms with Crippen LogP contribution in [0.1, 0.15) is 12.0 Å². The first kappa shape index (κ1) is 14.8. The lowest BCUT2D eigenvalue weighted by Crippen LogP contribution is -2.30. The normalized spacial score (nSPS) is 11.1. The molecule has 1 aromatic carbocycles. The Morgan fingerprint density at radius 2 is 2.06 bits per heavy atom. The van der Waals surface area contributed by atoms with E-state index in [1.54, 1.807) is 6.07 Å². The van der Waals surface area contributed by atoms with E-state index in [0.29, 0.717) is 11.6 Å². The first-order chi connectivity index (χ1) is 8.28. The van der Waals surface area contributed by atoms with Crippen molar-refractivity contribution in [3.8, 4) is 0 Å². The van der Waals surface area contributed by atoms with Crippen LogP contribution in [0.15, 0.2) is 18.2 Å². The molecule has 0 unspecified atom stereocenters. The fraction of sp³-hybridized carbons (Fsp3) is 0.364. The van der Waals surface area contributed by atoms with Crippen LogP contribution in [-0.4, -0.2) is 27.1 Å². The molecule has 0 bridgehead atoms. The molecule has 1 aromatic rings. The zero-order chi connectivity index (χ0) is 13.8. The average Bonchev–Trinajstić information content (AvgIpc) is 2.20. The molecule has 0 saturated carbocycles. The monoisotopic (exact) mass is 290 g/mol. The van der Waals surface area contributed by atoms with Crippen molar-refractivity contribution in [1.82, 2.24) is 4.72 Å². The number of amides is 1. The topological polar surface area (TPSA) is 75.3 Å². The van der Waals surface area contributed by atoms with Crippen LogP contribution in [0.4, 0.5) is 5.69 Å². The molecule has 0 radical (unpaired) electrons. The van der Waals surface area contributed by atoms with E-state index < -0.39 is 15.9 Å². The fourth-order valence-electron chi connectivity index (χ4n) is 1.28. The lowest BCUT2D eigenvalue weighted by Gasteiger charge is -2.07. The highest BCUT2D eigenvalue weighted by Crippen LogP contribution is 2.19. The second kappa shape index (κ2) is 6.06. The Kier molecular flexibility index (Phi) is 4.98. The van der Waals surface area contributed by atoms with Gasteiger partial charge in [-0.3, -0.25) is 9.52 Å². The van der Waals surface area contributed by atoms with Crippen LogP contribution in [0, 0.1) is 6.92 Å². The van der Waals surface area contributed by atoms with E-state index in [1.165, 1.54) is 0 Å². The molecule has 0 saturated heterocycles. The van der Waals surface area contributed by atoms with Gasteiger partial charge in [-0.05, 0) is 24.6 Å². The molecule has 0 heterocycles. The van der Waals surface area contributed by atoms with Crippen LogP contribution in [0.3, 0.4) is 0 Å². The van der Waals surface area contributed by atoms with E-state index in [4.69, 9.17) is 11.6 Å². The molecule has 0 aliphatic heterocycles. The predicted molar refractivity (Wildman–Crippen MR) is 72.3 cm³/mol. The second-order valence-corrected chi connectivity index (χ2v) is 6.09. The highest BCUT2D eigenvalue weighted by Gasteiger charge is 2.07. The van der Waals surface area contributed by atoms with Crippen molar-refractivity contribution in [2.24, 2.45) is 0 Å². The molecule has 0 aliphatic rings. The predicted octanol–water partition coefficient (Wildman–Crippen LogP) is 1.53. The van der Waals surface area contributed by atoms with Crippen molar-refractivity contribution in [1.29, 1.82) is 0 Å². The largest absolute Gasteiger partial charge is 0.384 e. The van der Waals surface area contributed by atoms with Gasteiger partial charge < -0.3 is 5.32 Å². The summed E-state index contributed by atoms with van der Waals surface area (Å²) in [5, 5.41) is 3.63. The smallest absolute Gasteiger partial charge is 0.235 e. The number of rotatable bonds is 5. The Hall–Kier alpha value is -1.27. The van der Waals surface area contributed by atoms with Crippen molar-refractivity contribution in [3.05, 3.63) is 28.8 Å². The molecule has 0 aliphatic carbocycles. The highest BCUT2D eigenvalue weighted by molar-refractivity contribution is 7.89. The number of carbonyl (C=O) groups is 1. The van der Waals surface area contributed by atoms with E-state index >= 15 is 0 Å². The molecule has 1 amide bonds. The maximum absolute atomic E-state index is 11.2. The molecule has 2 N–H and O–H groups in total. The maximum atomic E-state index is 11.2. The molecule has 7 heteroatoms. The van der Waals surface area contributed by atoms with Crippen LogP contribution in [0.25, 0.3) is 0 Å². The zero-order valence-electron chi connectivity index (χ0n) is 10.2. The summed E-state index contributed by atoms with van der Waals surface area (Å²) in [5.41, 5.74) is 1.76. The molecular formula is C11H15ClN2O3S. The van der Waals surface area contributed by atoms with Crippen LogP contribution < -0.4 is 10.0 Å². The Bertz CT molecular complexity index is 543. The van der Waals surface area contributed by atoms with Gasteiger partial charge in [0.1, 0.15) is 0 Å². The highest BCUT2D eigenvalue weighted by atomic mass is 35.5. The minimum absolute atomic E-state index is 0.0680. The van der Waals surface area contributed by atoms with Gasteiger partial charge in [0.25, 0.3) is 0 Å². The van der Waals surface area contributed by atoms with Crippen molar-refractivity contribution >= 4 is 33.2 Å². The number of carbonyl (C=O) groups excluding carboxylic acids is 1. The third-order valence-corrected chi connectivity index (χ3v) is 3.16. The van der Waals surface area contributed by atoms with Gasteiger partial charge in [-0.15, -0.1) is 0 Å². The molecule has 18 heavy (non-hydrogen) atoms. The lowest BCUT2D eigenvalue weighted by atomic mass is 10.2. The van der Waals surface area contributed by atoms with E-state index in [2.05, 4.69) is 5.32 Å². The summed E-state index contributed by atoms with van der Waals surface area (Å²) < 4.78 is 23.5. The number of sulfonamides is 1. The van der Waals surface area contributed by atoms with Gasteiger partial charge in [0, 0.05) is 23.7 Å². The Balaban J connectivity index is 2.42. The summed E-state index contributed by atoms with van der Waals surface area (Å²) in [5.74, 6) is -0.539. The number of anilines is 1. The molecule has 0 atom stereocenters. The third-order valence-electron chi connectivity index (χ3n) is 2.15. The van der Waals surface area contributed by atoms with E-state index in [9.17, 15) is 13.2 Å². The zero-order valence-corrected chi connectivity index (χ0v) is 11.7. The minimum Gasteiger partial charge on any atom is -0.384 e. The Labute approximate surface area is 112 Å². The van der Waals surface area contributed by atoms with Crippen LogP contribution >= 0.6 is 11.6 Å². The van der Waals surface area contributed by atoms with Crippen molar-refractivity contribution in [3.63, 3.8) is 0 Å². The van der Waals surface area contributed by atoms with Crippen molar-refractivity contribution in [2.75, 3.05) is 18.1 Å². The number of nitrogens with one attached hydrogen (secondary N) is 2. The summed E-state index contributed by atoms with van der Waals surface area (Å²) in [6, 6.07) is 5.46. The van der Waals surface area contributed by atoms with Crippen molar-refractivity contribution in [2.45, 2.75) is 13.3 Å². The molecule has 5 nitrogen and oxygen atoms in total. The molecule has 1 rings (SSSR count). The van der Waals surface area contributed by atoms with E-state index in [0.717, 1.165) is 17.5 Å². The summed E-state index contributed by atoms with van der Waals surface area (Å²) in [6.07, 6.45) is 1.01. The van der Waals surface area contributed by atoms with Gasteiger partial charge in [0.05, 0.1) is 6.26 Å². The SMILES string of the molecule is Cc1ccc(NCCC(=O)NS(C)(=O)=O)cc1Cl. The molecular weight excluding hydrogens is 276 g/mol. The molecule has 100 valence electrons. The fourth-order valence-corrected chi connectivity index (χ4v) is 1.98. The van der Waals surface area contributed by atoms with Gasteiger partial charge in [-0.25, -0.2) is 8.42 Å². The standard InChI is InChI=1S/C11H15ClN2O3S/c1-8-3-4-9(7-10(8)12)13-6-5-11(15)14-18(2,16)17/h3-4,7,13H,5-6H2,1-2H3,(H,14,15). The quantitative estimate of drug-likeness (QED) is 0.862. The number of halogens is 1. The average molecular weight is 291 g/mol. The van der Waals surface area contributed by atoms with Gasteiger partial charge in [0.15, 0.2) is 0 Å². The van der Waals surface area contributed by atoms with E-state index in [1.807, 2.05) is 23.8 Å². The van der Waals surface area contributed by atoms with Gasteiger partial charge in [-0.2, -0.15) is 0 Å². The number of benzene rings is 1. The summed E-state index contributed by atoms with van der Waals surface area (Å²) in [7, 11) is -3.48. The third kappa shape index (κ3) is 5.37. The van der Waals surface area contributed by atoms with Crippen LogP contribution in [0.5, 0.6) is 0 Å². The summed E-state index contributed by atoms with van der Waals surface area (Å²) in [4.78, 5) is 11.2. The van der Waals surface area contributed by atoms with Crippen LogP contribution in [0.2, 0.25) is 5.02 Å². The number of aryl methyl sites for hydroxylation is 1.